The molecule has 18 heavy (non-hydrogen) atoms. The van der Waals surface area contributed by atoms with Gasteiger partial charge < -0.3 is 0 Å². The number of hydrogen-bond acceptors (Lipinski definition) is 0. The normalized spacial score (nSPS) is 12.4. The van der Waals surface area contributed by atoms with E-state index in [1.807, 2.05) is 24.3 Å². The van der Waals surface area contributed by atoms with E-state index in [0.29, 0.717) is 0 Å². The molecule has 2 heteroatoms. The maximum absolute atomic E-state index is 6.53. The van der Waals surface area contributed by atoms with Crippen LogP contribution in [-0.4, -0.2) is 0 Å². The zero-order chi connectivity index (χ0) is 13.1. The highest BCUT2D eigenvalue weighted by atomic mass is 35.5. The summed E-state index contributed by atoms with van der Waals surface area (Å²) in [5.74, 6) is 0. The Bertz CT molecular complexity index is 547. The van der Waals surface area contributed by atoms with Crippen LogP contribution in [0.25, 0.3) is 0 Å². The minimum absolute atomic E-state index is 0.0372. The van der Waals surface area contributed by atoms with Crippen LogP contribution in [0.5, 0.6) is 0 Å². The quantitative estimate of drug-likeness (QED) is 0.653. The molecule has 1 atom stereocenters. The lowest BCUT2D eigenvalue weighted by molar-refractivity contribution is 0.907. The van der Waals surface area contributed by atoms with Crippen molar-refractivity contribution in [2.24, 2.45) is 0 Å². The molecule has 0 heterocycles. The molecule has 0 bridgehead atoms. The Labute approximate surface area is 119 Å². The molecule has 2 aromatic rings. The molecular weight excluding hydrogens is 263 g/mol. The molecule has 2 rings (SSSR count). The van der Waals surface area contributed by atoms with Crippen LogP contribution in [-0.2, 0) is 6.42 Å². The van der Waals surface area contributed by atoms with Gasteiger partial charge in [-0.2, -0.15) is 0 Å². The molecule has 2 aromatic carbocycles. The van der Waals surface area contributed by atoms with Crippen LogP contribution in [0, 0.1) is 13.8 Å². The molecule has 94 valence electrons. The fourth-order valence-electron chi connectivity index (χ4n) is 2.08. The van der Waals surface area contributed by atoms with Gasteiger partial charge in [0.15, 0.2) is 0 Å². The Morgan fingerprint density at radius 1 is 1.00 bits per heavy atom. The topological polar surface area (TPSA) is 0 Å². The molecule has 1 unspecified atom stereocenters. The van der Waals surface area contributed by atoms with E-state index in [0.717, 1.165) is 17.0 Å². The van der Waals surface area contributed by atoms with Crippen LogP contribution in [0.3, 0.4) is 0 Å². The van der Waals surface area contributed by atoms with Crippen LogP contribution in [0.4, 0.5) is 0 Å². The van der Waals surface area contributed by atoms with Crippen molar-refractivity contribution >= 4 is 23.2 Å². The van der Waals surface area contributed by atoms with E-state index in [4.69, 9.17) is 23.2 Å². The van der Waals surface area contributed by atoms with E-state index in [9.17, 15) is 0 Å². The predicted molar refractivity (Wildman–Crippen MR) is 79.7 cm³/mol. The lowest BCUT2D eigenvalue weighted by Gasteiger charge is -2.15. The SMILES string of the molecule is Cc1cccc(C(Cl)Cc2ccccc2Cl)c1C. The first kappa shape index (κ1) is 13.5. The number of benzene rings is 2. The van der Waals surface area contributed by atoms with Crippen molar-refractivity contribution < 1.29 is 0 Å². The standard InChI is InChI=1S/C16H16Cl2/c1-11-6-5-8-14(12(11)2)16(18)10-13-7-3-4-9-15(13)17/h3-9,16H,10H2,1-2H3. The van der Waals surface area contributed by atoms with Gasteiger partial charge in [0.25, 0.3) is 0 Å². The fourth-order valence-corrected chi connectivity index (χ4v) is 2.70. The van der Waals surface area contributed by atoms with Crippen LogP contribution < -0.4 is 0 Å². The Morgan fingerprint density at radius 2 is 1.72 bits per heavy atom. The summed E-state index contributed by atoms with van der Waals surface area (Å²) in [5.41, 5.74) is 4.83. The van der Waals surface area contributed by atoms with Gasteiger partial charge in [0, 0.05) is 5.02 Å². The van der Waals surface area contributed by atoms with Crippen LogP contribution in [0.15, 0.2) is 42.5 Å². The molecule has 0 saturated carbocycles. The highest BCUT2D eigenvalue weighted by molar-refractivity contribution is 6.31. The third-order valence-corrected chi connectivity index (χ3v) is 4.10. The number of hydrogen-bond donors (Lipinski definition) is 0. The molecule has 0 aliphatic heterocycles. The second kappa shape index (κ2) is 5.77. The molecule has 0 aromatic heterocycles. The summed E-state index contributed by atoms with van der Waals surface area (Å²) in [4.78, 5) is 0. The Kier molecular flexibility index (Phi) is 4.31. The van der Waals surface area contributed by atoms with E-state index in [2.05, 4.69) is 32.0 Å². The molecule has 0 N–H and O–H groups in total. The average molecular weight is 279 g/mol. The first-order valence-corrected chi connectivity index (χ1v) is 6.84. The molecule has 0 aliphatic carbocycles. The number of halogens is 2. The second-order valence-electron chi connectivity index (χ2n) is 4.55. The monoisotopic (exact) mass is 278 g/mol. The van der Waals surface area contributed by atoms with Crippen molar-refractivity contribution in [3.8, 4) is 0 Å². The fraction of sp³-hybridized carbons (Fsp3) is 0.250. The number of aryl methyl sites for hydroxylation is 1. The molecule has 0 saturated heterocycles. The van der Waals surface area contributed by atoms with Crippen molar-refractivity contribution in [1.29, 1.82) is 0 Å². The van der Waals surface area contributed by atoms with Gasteiger partial charge in [-0.05, 0) is 48.6 Å². The Hall–Kier alpha value is -0.980. The van der Waals surface area contributed by atoms with Crippen molar-refractivity contribution in [2.45, 2.75) is 25.6 Å². The van der Waals surface area contributed by atoms with Crippen LogP contribution >= 0.6 is 23.2 Å². The van der Waals surface area contributed by atoms with Crippen molar-refractivity contribution in [2.75, 3.05) is 0 Å². The minimum atomic E-state index is -0.0372. The summed E-state index contributed by atoms with van der Waals surface area (Å²) in [6, 6.07) is 14.1. The van der Waals surface area contributed by atoms with Gasteiger partial charge in [0.05, 0.1) is 5.38 Å². The molecule has 0 amide bonds. The summed E-state index contributed by atoms with van der Waals surface area (Å²) >= 11 is 12.7. The predicted octanol–water partition coefficient (Wildman–Crippen LogP) is 5.48. The number of alkyl halides is 1. The van der Waals surface area contributed by atoms with E-state index in [1.54, 1.807) is 0 Å². The van der Waals surface area contributed by atoms with Gasteiger partial charge in [-0.1, -0.05) is 48.0 Å². The van der Waals surface area contributed by atoms with Gasteiger partial charge in [0.2, 0.25) is 0 Å². The van der Waals surface area contributed by atoms with Gasteiger partial charge in [0.1, 0.15) is 0 Å². The summed E-state index contributed by atoms with van der Waals surface area (Å²) in [5, 5.41) is 0.748. The second-order valence-corrected chi connectivity index (χ2v) is 5.49. The van der Waals surface area contributed by atoms with Gasteiger partial charge in [-0.15, -0.1) is 11.6 Å². The smallest absolute Gasteiger partial charge is 0.0628 e. The lowest BCUT2D eigenvalue weighted by atomic mass is 9.97. The number of rotatable bonds is 3. The van der Waals surface area contributed by atoms with E-state index in [1.165, 1.54) is 16.7 Å². The van der Waals surface area contributed by atoms with Gasteiger partial charge >= 0.3 is 0 Å². The Morgan fingerprint density at radius 3 is 2.44 bits per heavy atom. The molecule has 0 radical (unpaired) electrons. The van der Waals surface area contributed by atoms with Crippen LogP contribution in [0.1, 0.15) is 27.6 Å². The molecular formula is C16H16Cl2. The lowest BCUT2D eigenvalue weighted by Crippen LogP contribution is -2.00. The maximum atomic E-state index is 6.53. The summed E-state index contributed by atoms with van der Waals surface area (Å²) < 4.78 is 0. The zero-order valence-electron chi connectivity index (χ0n) is 10.6. The molecule has 0 fully saturated rings. The third kappa shape index (κ3) is 2.88. The summed E-state index contributed by atoms with van der Waals surface area (Å²) in [6.07, 6.45) is 0.755. The van der Waals surface area contributed by atoms with E-state index >= 15 is 0 Å². The zero-order valence-corrected chi connectivity index (χ0v) is 12.1. The highest BCUT2D eigenvalue weighted by Crippen LogP contribution is 2.31. The maximum Gasteiger partial charge on any atom is 0.0628 e. The molecule has 0 spiro atoms. The third-order valence-electron chi connectivity index (χ3n) is 3.34. The largest absolute Gasteiger partial charge is 0.117 e. The highest BCUT2D eigenvalue weighted by Gasteiger charge is 2.13. The van der Waals surface area contributed by atoms with E-state index in [-0.39, 0.29) is 5.38 Å². The Balaban J connectivity index is 2.25. The average Bonchev–Trinajstić information content (AvgIpc) is 2.35. The minimum Gasteiger partial charge on any atom is -0.117 e. The summed E-state index contributed by atoms with van der Waals surface area (Å²) in [7, 11) is 0. The first-order valence-electron chi connectivity index (χ1n) is 6.03. The van der Waals surface area contributed by atoms with Crippen molar-refractivity contribution in [3.05, 3.63) is 69.7 Å². The van der Waals surface area contributed by atoms with E-state index < -0.39 is 0 Å². The van der Waals surface area contributed by atoms with Gasteiger partial charge in [-0.3, -0.25) is 0 Å². The van der Waals surface area contributed by atoms with Crippen molar-refractivity contribution in [1.82, 2.24) is 0 Å². The van der Waals surface area contributed by atoms with Crippen molar-refractivity contribution in [3.63, 3.8) is 0 Å². The molecule has 0 aliphatic rings. The van der Waals surface area contributed by atoms with Gasteiger partial charge in [-0.25, -0.2) is 0 Å². The first-order chi connectivity index (χ1) is 8.59. The summed E-state index contributed by atoms with van der Waals surface area (Å²) in [6.45, 7) is 4.23. The van der Waals surface area contributed by atoms with Crippen LogP contribution in [0.2, 0.25) is 5.02 Å². The molecule has 0 nitrogen and oxygen atoms in total.